The predicted molar refractivity (Wildman–Crippen MR) is 116 cm³/mol. The molecule has 1 heterocycles. The maximum atomic E-state index is 11.8. The van der Waals surface area contributed by atoms with Crippen LogP contribution in [0.3, 0.4) is 0 Å². The third kappa shape index (κ3) is 8.86. The molecule has 0 unspecified atom stereocenters. The number of hydrogen-bond acceptors (Lipinski definition) is 4. The Hall–Kier alpha value is -1.32. The predicted octanol–water partition coefficient (Wildman–Crippen LogP) is 2.81. The molecule has 0 saturated heterocycles. The number of hydrogen-bond donors (Lipinski definition) is 3. The van der Waals surface area contributed by atoms with Crippen LogP contribution in [0.4, 0.5) is 0 Å². The van der Waals surface area contributed by atoms with Gasteiger partial charge in [-0.1, -0.05) is 41.5 Å². The summed E-state index contributed by atoms with van der Waals surface area (Å²) in [4.78, 5) is 20.6. The van der Waals surface area contributed by atoms with Gasteiger partial charge in [-0.2, -0.15) is 0 Å². The molecule has 3 N–H and O–H groups in total. The van der Waals surface area contributed by atoms with Crippen molar-refractivity contribution in [2.24, 2.45) is 10.4 Å². The normalized spacial score (nSPS) is 12.3. The quantitative estimate of drug-likeness (QED) is 0.253. The Kier molecular flexibility index (Phi) is 10.2. The summed E-state index contributed by atoms with van der Waals surface area (Å²) in [5.74, 6) is 2.14. The molecular formula is C18H34IN5O2. The minimum atomic E-state index is -0.381. The Morgan fingerprint density at radius 1 is 1.12 bits per heavy atom. The highest BCUT2D eigenvalue weighted by molar-refractivity contribution is 14.0. The lowest BCUT2D eigenvalue weighted by Crippen LogP contribution is -2.43. The van der Waals surface area contributed by atoms with E-state index in [1.54, 1.807) is 6.20 Å². The molecule has 0 aliphatic rings. The number of oxazole rings is 1. The van der Waals surface area contributed by atoms with E-state index in [0.717, 1.165) is 12.3 Å². The van der Waals surface area contributed by atoms with Crippen molar-refractivity contribution in [3.8, 4) is 0 Å². The van der Waals surface area contributed by atoms with E-state index in [1.165, 1.54) is 0 Å². The average Bonchev–Trinajstić information content (AvgIpc) is 2.96. The molecule has 0 saturated carbocycles. The van der Waals surface area contributed by atoms with E-state index >= 15 is 0 Å². The van der Waals surface area contributed by atoms with Gasteiger partial charge in [-0.3, -0.25) is 4.79 Å². The van der Waals surface area contributed by atoms with E-state index in [4.69, 9.17) is 4.42 Å². The molecule has 0 atom stereocenters. The van der Waals surface area contributed by atoms with Crippen molar-refractivity contribution in [2.75, 3.05) is 19.6 Å². The zero-order valence-corrected chi connectivity index (χ0v) is 19.4. The van der Waals surface area contributed by atoms with Crippen LogP contribution < -0.4 is 16.0 Å². The number of carbonyl (C=O) groups is 1. The van der Waals surface area contributed by atoms with Gasteiger partial charge in [0.1, 0.15) is 12.3 Å². The van der Waals surface area contributed by atoms with Crippen LogP contribution in [0.25, 0.3) is 0 Å². The summed E-state index contributed by atoms with van der Waals surface area (Å²) in [6.07, 6.45) is 1.76. The van der Waals surface area contributed by atoms with E-state index in [-0.39, 0.29) is 40.7 Å². The van der Waals surface area contributed by atoms with Crippen molar-refractivity contribution in [3.63, 3.8) is 0 Å². The number of aromatic nitrogens is 1. The number of guanidine groups is 1. The van der Waals surface area contributed by atoms with Gasteiger partial charge >= 0.3 is 0 Å². The fourth-order valence-electron chi connectivity index (χ4n) is 1.84. The monoisotopic (exact) mass is 479 g/mol. The number of carbonyl (C=O) groups excluding carboxylic acids is 1. The summed E-state index contributed by atoms with van der Waals surface area (Å²) in [7, 11) is 0. The molecule has 150 valence electrons. The third-order valence-electron chi connectivity index (χ3n) is 3.39. The summed E-state index contributed by atoms with van der Waals surface area (Å²) in [5.41, 5.74) is -0.447. The van der Waals surface area contributed by atoms with Gasteiger partial charge in [-0.15, -0.1) is 24.0 Å². The summed E-state index contributed by atoms with van der Waals surface area (Å²) in [6.45, 7) is 16.2. The molecular weight excluding hydrogens is 445 g/mol. The highest BCUT2D eigenvalue weighted by Gasteiger charge is 2.20. The van der Waals surface area contributed by atoms with Crippen LogP contribution in [0.15, 0.2) is 15.6 Å². The van der Waals surface area contributed by atoms with E-state index in [9.17, 15) is 4.79 Å². The minimum Gasteiger partial charge on any atom is -0.443 e. The van der Waals surface area contributed by atoms with Crippen LogP contribution in [0.2, 0.25) is 0 Å². The van der Waals surface area contributed by atoms with Crippen LogP contribution >= 0.6 is 24.0 Å². The Balaban J connectivity index is 0.00000625. The van der Waals surface area contributed by atoms with E-state index in [0.29, 0.717) is 31.5 Å². The lowest BCUT2D eigenvalue weighted by molar-refractivity contribution is -0.128. The molecule has 1 amide bonds. The molecule has 0 aromatic carbocycles. The van der Waals surface area contributed by atoms with Crippen LogP contribution in [0, 0.1) is 5.41 Å². The van der Waals surface area contributed by atoms with Crippen LogP contribution in [-0.4, -0.2) is 36.5 Å². The number of nitrogens with zero attached hydrogens (tertiary/aromatic N) is 2. The van der Waals surface area contributed by atoms with Crippen LogP contribution in [0.1, 0.15) is 60.1 Å². The SMILES string of the molecule is CCNC(=NCc1ncc(C(C)(C)C)o1)NCCNC(=O)C(C)(C)C.I. The summed E-state index contributed by atoms with van der Waals surface area (Å²) < 4.78 is 5.74. The molecule has 0 fully saturated rings. The molecule has 0 bridgehead atoms. The maximum Gasteiger partial charge on any atom is 0.225 e. The molecule has 0 radical (unpaired) electrons. The van der Waals surface area contributed by atoms with Gasteiger partial charge in [0.2, 0.25) is 11.8 Å². The van der Waals surface area contributed by atoms with Crippen molar-refractivity contribution in [2.45, 2.75) is 60.4 Å². The maximum absolute atomic E-state index is 11.8. The molecule has 1 aromatic rings. The van der Waals surface area contributed by atoms with Gasteiger partial charge in [0.05, 0.1) is 6.20 Å². The fourth-order valence-corrected chi connectivity index (χ4v) is 1.84. The van der Waals surface area contributed by atoms with Gasteiger partial charge in [-0.05, 0) is 6.92 Å². The summed E-state index contributed by atoms with van der Waals surface area (Å²) >= 11 is 0. The van der Waals surface area contributed by atoms with Crippen molar-refractivity contribution < 1.29 is 9.21 Å². The minimum absolute atomic E-state index is 0. The van der Waals surface area contributed by atoms with E-state index in [2.05, 4.69) is 46.7 Å². The second-order valence-corrected chi connectivity index (χ2v) is 8.00. The number of amides is 1. The van der Waals surface area contributed by atoms with Gasteiger partial charge in [0.15, 0.2) is 5.96 Å². The number of halogens is 1. The molecule has 0 aliphatic heterocycles. The van der Waals surface area contributed by atoms with Crippen molar-refractivity contribution >= 4 is 35.8 Å². The van der Waals surface area contributed by atoms with E-state index < -0.39 is 0 Å². The number of rotatable bonds is 6. The van der Waals surface area contributed by atoms with Crippen molar-refractivity contribution in [1.29, 1.82) is 0 Å². The summed E-state index contributed by atoms with van der Waals surface area (Å²) in [6, 6.07) is 0. The number of aliphatic imine (C=N–C) groups is 1. The second-order valence-electron chi connectivity index (χ2n) is 8.00. The highest BCUT2D eigenvalue weighted by Crippen LogP contribution is 2.22. The zero-order chi connectivity index (χ0) is 19.1. The zero-order valence-electron chi connectivity index (χ0n) is 17.0. The Morgan fingerprint density at radius 3 is 2.23 bits per heavy atom. The van der Waals surface area contributed by atoms with Crippen LogP contribution in [0.5, 0.6) is 0 Å². The lowest BCUT2D eigenvalue weighted by atomic mass is 9.94. The first-order chi connectivity index (χ1) is 11.5. The standard InChI is InChI=1S/C18H33N5O2.HI/c1-8-19-16(21-10-9-20-15(24)18(5,6)7)23-12-14-22-11-13(25-14)17(2,3)4;/h11H,8-10,12H2,1-7H3,(H,20,24)(H2,19,21,23);1H. The van der Waals surface area contributed by atoms with Gasteiger partial charge in [0.25, 0.3) is 0 Å². The topological polar surface area (TPSA) is 91.6 Å². The Morgan fingerprint density at radius 2 is 1.73 bits per heavy atom. The van der Waals surface area contributed by atoms with Gasteiger partial charge in [0, 0.05) is 30.5 Å². The van der Waals surface area contributed by atoms with Crippen molar-refractivity contribution in [1.82, 2.24) is 20.9 Å². The molecule has 8 heteroatoms. The molecule has 0 aliphatic carbocycles. The van der Waals surface area contributed by atoms with Crippen molar-refractivity contribution in [3.05, 3.63) is 17.8 Å². The fraction of sp³-hybridized carbons (Fsp3) is 0.722. The van der Waals surface area contributed by atoms with E-state index in [1.807, 2.05) is 27.7 Å². The Bertz CT molecular complexity index is 585. The third-order valence-corrected chi connectivity index (χ3v) is 3.39. The molecule has 1 rings (SSSR count). The largest absolute Gasteiger partial charge is 0.443 e. The smallest absolute Gasteiger partial charge is 0.225 e. The molecule has 1 aromatic heterocycles. The first-order valence-corrected chi connectivity index (χ1v) is 8.79. The lowest BCUT2D eigenvalue weighted by Gasteiger charge is -2.18. The van der Waals surface area contributed by atoms with Crippen LogP contribution in [-0.2, 0) is 16.8 Å². The average molecular weight is 479 g/mol. The first-order valence-electron chi connectivity index (χ1n) is 8.79. The molecule has 0 spiro atoms. The summed E-state index contributed by atoms with van der Waals surface area (Å²) in [5, 5.41) is 9.25. The van der Waals surface area contributed by atoms with Gasteiger partial charge in [-0.25, -0.2) is 9.98 Å². The first kappa shape index (κ1) is 24.7. The highest BCUT2D eigenvalue weighted by atomic mass is 127. The molecule has 7 nitrogen and oxygen atoms in total. The molecule has 26 heavy (non-hydrogen) atoms. The second kappa shape index (κ2) is 10.7. The van der Waals surface area contributed by atoms with Gasteiger partial charge < -0.3 is 20.4 Å². The number of nitrogens with one attached hydrogen (secondary N) is 3. The Labute approximate surface area is 174 Å².